The van der Waals surface area contributed by atoms with Crippen LogP contribution >= 0.6 is 0 Å². The number of rotatable bonds is 4. The minimum Gasteiger partial charge on any atom is -0.103 e. The third-order valence-corrected chi connectivity index (χ3v) is 3.63. The van der Waals surface area contributed by atoms with Crippen molar-refractivity contribution in [2.45, 2.75) is 58.8 Å². The van der Waals surface area contributed by atoms with Gasteiger partial charge < -0.3 is 0 Å². The van der Waals surface area contributed by atoms with Gasteiger partial charge in [-0.15, -0.1) is 5.92 Å². The minimum absolute atomic E-state index is 0.702. The quantitative estimate of drug-likeness (QED) is 0.345. The van der Waals surface area contributed by atoms with Crippen LogP contribution in [0.15, 0.2) is 36.5 Å². The Kier molecular flexibility index (Phi) is 8.07. The Morgan fingerprint density at radius 1 is 1.21 bits per heavy atom. The van der Waals surface area contributed by atoms with Gasteiger partial charge in [-0.05, 0) is 43.9 Å². The van der Waals surface area contributed by atoms with E-state index in [9.17, 15) is 0 Å². The first-order chi connectivity index (χ1) is 9.40. The van der Waals surface area contributed by atoms with E-state index in [2.05, 4.69) is 36.6 Å². The zero-order valence-corrected chi connectivity index (χ0v) is 12.6. The Labute approximate surface area is 119 Å². The van der Waals surface area contributed by atoms with E-state index in [1.165, 1.54) is 37.7 Å². The number of allylic oxidation sites excluding steroid dienone is 5. The first kappa shape index (κ1) is 15.8. The highest BCUT2D eigenvalue weighted by Crippen LogP contribution is 2.32. The molecule has 1 saturated carbocycles. The summed E-state index contributed by atoms with van der Waals surface area (Å²) < 4.78 is 0. The summed E-state index contributed by atoms with van der Waals surface area (Å²) >= 11 is 0. The maximum Gasteiger partial charge on any atom is 0.0305 e. The van der Waals surface area contributed by atoms with Gasteiger partial charge in [0.2, 0.25) is 0 Å². The van der Waals surface area contributed by atoms with E-state index >= 15 is 0 Å². The molecule has 0 heterocycles. The van der Waals surface area contributed by atoms with Crippen molar-refractivity contribution in [1.29, 1.82) is 0 Å². The molecule has 2 rings (SSSR count). The molecule has 104 valence electrons. The minimum atomic E-state index is 0.702. The Morgan fingerprint density at radius 3 is 2.58 bits per heavy atom. The van der Waals surface area contributed by atoms with Gasteiger partial charge in [-0.3, -0.25) is 0 Å². The maximum absolute atomic E-state index is 3.82. The van der Waals surface area contributed by atoms with Crippen LogP contribution in [0.4, 0.5) is 0 Å². The summed E-state index contributed by atoms with van der Waals surface area (Å²) in [5.41, 5.74) is 1.48. The molecule has 2 aliphatic rings. The fraction of sp³-hybridized carbons (Fsp3) is 0.579. The molecule has 0 radical (unpaired) electrons. The Balaban J connectivity index is 0.000000861. The molecule has 0 nitrogen and oxygen atoms in total. The van der Waals surface area contributed by atoms with E-state index in [0.717, 1.165) is 18.8 Å². The van der Waals surface area contributed by atoms with E-state index in [-0.39, 0.29) is 0 Å². The molecule has 1 unspecified atom stereocenters. The SMILES string of the molecule is C=C/C=C(\CC#CCC1CC1)C1CC=CCC1.CC. The Morgan fingerprint density at radius 2 is 2.00 bits per heavy atom. The standard InChI is InChI=1S/C17H22.C2H6/c1-2-8-16(17-10-4-3-5-11-17)12-7-6-9-15-13-14-15;1-2/h2-4,8,15,17H,1,5,9-14H2;1-2H3/b16-8+;. The van der Waals surface area contributed by atoms with Gasteiger partial charge in [0.05, 0.1) is 0 Å². The molecule has 0 saturated heterocycles. The van der Waals surface area contributed by atoms with Crippen LogP contribution in [0.25, 0.3) is 0 Å². The van der Waals surface area contributed by atoms with Gasteiger partial charge in [-0.25, -0.2) is 0 Å². The zero-order chi connectivity index (χ0) is 13.9. The highest BCUT2D eigenvalue weighted by molar-refractivity contribution is 5.22. The second-order valence-corrected chi connectivity index (χ2v) is 5.14. The Hall–Kier alpha value is -1.22. The molecule has 1 fully saturated rings. The van der Waals surface area contributed by atoms with Crippen molar-refractivity contribution < 1.29 is 0 Å². The van der Waals surface area contributed by atoms with Crippen molar-refractivity contribution in [1.82, 2.24) is 0 Å². The summed E-state index contributed by atoms with van der Waals surface area (Å²) in [4.78, 5) is 0. The highest BCUT2D eigenvalue weighted by atomic mass is 14.2. The average Bonchev–Trinajstić information content (AvgIpc) is 3.30. The number of hydrogen-bond acceptors (Lipinski definition) is 0. The molecule has 2 aliphatic carbocycles. The van der Waals surface area contributed by atoms with Gasteiger partial charge >= 0.3 is 0 Å². The van der Waals surface area contributed by atoms with Gasteiger partial charge in [0.15, 0.2) is 0 Å². The second-order valence-electron chi connectivity index (χ2n) is 5.14. The lowest BCUT2D eigenvalue weighted by atomic mass is 9.85. The fourth-order valence-electron chi connectivity index (χ4n) is 2.32. The lowest BCUT2D eigenvalue weighted by Gasteiger charge is -2.19. The summed E-state index contributed by atoms with van der Waals surface area (Å²) in [6.45, 7) is 7.82. The normalized spacial score (nSPS) is 21.8. The molecule has 0 heteroatoms. The van der Waals surface area contributed by atoms with Crippen molar-refractivity contribution >= 4 is 0 Å². The smallest absolute Gasteiger partial charge is 0.0305 e. The summed E-state index contributed by atoms with van der Waals surface area (Å²) in [5, 5.41) is 0. The van der Waals surface area contributed by atoms with E-state index in [1.807, 2.05) is 19.9 Å². The summed E-state index contributed by atoms with van der Waals surface area (Å²) in [6, 6.07) is 0. The molecule has 1 atom stereocenters. The third-order valence-electron chi connectivity index (χ3n) is 3.63. The van der Waals surface area contributed by atoms with Crippen LogP contribution in [-0.2, 0) is 0 Å². The molecule has 0 aromatic heterocycles. The van der Waals surface area contributed by atoms with Crippen molar-refractivity contribution in [3.05, 3.63) is 36.5 Å². The van der Waals surface area contributed by atoms with Gasteiger partial charge in [0.25, 0.3) is 0 Å². The average molecular weight is 256 g/mol. The van der Waals surface area contributed by atoms with Crippen molar-refractivity contribution in [2.75, 3.05) is 0 Å². The summed E-state index contributed by atoms with van der Waals surface area (Å²) in [5.74, 6) is 8.31. The summed E-state index contributed by atoms with van der Waals surface area (Å²) in [7, 11) is 0. The molecule has 19 heavy (non-hydrogen) atoms. The molecule has 0 N–H and O–H groups in total. The fourth-order valence-corrected chi connectivity index (χ4v) is 2.32. The third kappa shape index (κ3) is 6.48. The van der Waals surface area contributed by atoms with Crippen LogP contribution in [0.2, 0.25) is 0 Å². The predicted molar refractivity (Wildman–Crippen MR) is 85.8 cm³/mol. The zero-order valence-electron chi connectivity index (χ0n) is 12.6. The van der Waals surface area contributed by atoms with Crippen molar-refractivity contribution in [3.63, 3.8) is 0 Å². The second kappa shape index (κ2) is 9.68. The van der Waals surface area contributed by atoms with E-state index < -0.39 is 0 Å². The summed E-state index contributed by atoms with van der Waals surface area (Å²) in [6.07, 6.45) is 17.2. The molecule has 0 spiro atoms. The van der Waals surface area contributed by atoms with Gasteiger partial charge in [-0.2, -0.15) is 0 Å². The Bertz CT molecular complexity index is 369. The predicted octanol–water partition coefficient (Wildman–Crippen LogP) is 5.67. The molecule has 0 bridgehead atoms. The van der Waals surface area contributed by atoms with E-state index in [4.69, 9.17) is 0 Å². The topological polar surface area (TPSA) is 0 Å². The van der Waals surface area contributed by atoms with Gasteiger partial charge in [0, 0.05) is 12.8 Å². The molecule has 0 aliphatic heterocycles. The van der Waals surface area contributed by atoms with Crippen LogP contribution in [-0.4, -0.2) is 0 Å². The largest absolute Gasteiger partial charge is 0.103 e. The molecule has 0 amide bonds. The molecule has 0 aromatic rings. The molecular formula is C19H28. The van der Waals surface area contributed by atoms with Crippen molar-refractivity contribution in [2.24, 2.45) is 11.8 Å². The van der Waals surface area contributed by atoms with Crippen LogP contribution in [0, 0.1) is 23.7 Å². The maximum atomic E-state index is 3.82. The van der Waals surface area contributed by atoms with Gasteiger partial charge in [0.1, 0.15) is 0 Å². The monoisotopic (exact) mass is 256 g/mol. The lowest BCUT2D eigenvalue weighted by Crippen LogP contribution is -2.05. The first-order valence-electron chi connectivity index (χ1n) is 7.82. The lowest BCUT2D eigenvalue weighted by molar-refractivity contribution is 0.546. The number of hydrogen-bond donors (Lipinski definition) is 0. The van der Waals surface area contributed by atoms with Crippen molar-refractivity contribution in [3.8, 4) is 11.8 Å². The highest BCUT2D eigenvalue weighted by Gasteiger charge is 2.19. The van der Waals surface area contributed by atoms with Crippen LogP contribution in [0.3, 0.4) is 0 Å². The van der Waals surface area contributed by atoms with Gasteiger partial charge in [-0.1, -0.05) is 56.2 Å². The van der Waals surface area contributed by atoms with E-state index in [0.29, 0.717) is 5.92 Å². The van der Waals surface area contributed by atoms with E-state index in [1.54, 1.807) is 0 Å². The first-order valence-corrected chi connectivity index (χ1v) is 7.82. The van der Waals surface area contributed by atoms with Crippen LogP contribution in [0.5, 0.6) is 0 Å². The molecule has 0 aromatic carbocycles. The van der Waals surface area contributed by atoms with Crippen LogP contribution < -0.4 is 0 Å². The van der Waals surface area contributed by atoms with Crippen LogP contribution in [0.1, 0.15) is 58.8 Å². The molecular weight excluding hydrogens is 228 g/mol.